The van der Waals surface area contributed by atoms with Gasteiger partial charge in [-0.25, -0.2) is 0 Å². The number of ether oxygens (including phenoxy) is 2. The second kappa shape index (κ2) is 7.97. The van der Waals surface area contributed by atoms with E-state index in [1.165, 1.54) is 0 Å². The Bertz CT molecular complexity index is 317. The fourth-order valence-corrected chi connectivity index (χ4v) is 2.95. The smallest absolute Gasteiger partial charge is 0.104 e. The van der Waals surface area contributed by atoms with Crippen molar-refractivity contribution in [1.82, 2.24) is 5.32 Å². The topological polar surface area (TPSA) is 54.3 Å². The van der Waals surface area contributed by atoms with Gasteiger partial charge in [0.05, 0.1) is 24.4 Å². The molecule has 0 aromatic rings. The largest absolute Gasteiger partial charge is 0.378 e. The lowest BCUT2D eigenvalue weighted by Gasteiger charge is -2.32. The SMILES string of the molecule is CC(C)NC(C)(C#N)CCCOC1CC(C)OC(C)C1. The van der Waals surface area contributed by atoms with E-state index in [0.29, 0.717) is 12.1 Å². The third-order valence-corrected chi connectivity index (χ3v) is 3.68. The summed E-state index contributed by atoms with van der Waals surface area (Å²) in [6, 6.07) is 2.69. The second-order valence-electron chi connectivity index (χ2n) is 6.57. The van der Waals surface area contributed by atoms with Crippen molar-refractivity contribution in [3.8, 4) is 6.07 Å². The van der Waals surface area contributed by atoms with E-state index in [4.69, 9.17) is 9.47 Å². The molecule has 116 valence electrons. The zero-order chi connectivity index (χ0) is 15.2. The summed E-state index contributed by atoms with van der Waals surface area (Å²) >= 11 is 0. The number of rotatable bonds is 7. The van der Waals surface area contributed by atoms with Gasteiger partial charge in [0.25, 0.3) is 0 Å². The molecule has 0 radical (unpaired) electrons. The number of nitrogens with one attached hydrogen (secondary N) is 1. The summed E-state index contributed by atoms with van der Waals surface area (Å²) in [4.78, 5) is 0. The van der Waals surface area contributed by atoms with Gasteiger partial charge in [-0.3, -0.25) is 5.32 Å². The van der Waals surface area contributed by atoms with E-state index >= 15 is 0 Å². The predicted octanol–water partition coefficient (Wildman–Crippen LogP) is 3.02. The molecule has 20 heavy (non-hydrogen) atoms. The molecule has 1 fully saturated rings. The molecule has 0 saturated carbocycles. The van der Waals surface area contributed by atoms with Crippen molar-refractivity contribution in [2.24, 2.45) is 0 Å². The Morgan fingerprint density at radius 1 is 1.35 bits per heavy atom. The van der Waals surface area contributed by atoms with Gasteiger partial charge in [-0.15, -0.1) is 0 Å². The molecule has 1 N–H and O–H groups in total. The van der Waals surface area contributed by atoms with Gasteiger partial charge >= 0.3 is 0 Å². The molecule has 1 rings (SSSR count). The fourth-order valence-electron chi connectivity index (χ4n) is 2.95. The van der Waals surface area contributed by atoms with Crippen molar-refractivity contribution in [3.63, 3.8) is 0 Å². The van der Waals surface area contributed by atoms with Gasteiger partial charge in [0.2, 0.25) is 0 Å². The summed E-state index contributed by atoms with van der Waals surface area (Å²) in [6.07, 6.45) is 4.56. The normalized spacial score (nSPS) is 29.9. The van der Waals surface area contributed by atoms with Crippen LogP contribution in [0.15, 0.2) is 0 Å². The first-order chi connectivity index (χ1) is 9.34. The number of hydrogen-bond donors (Lipinski definition) is 1. The Kier molecular flexibility index (Phi) is 6.94. The van der Waals surface area contributed by atoms with Crippen LogP contribution in [0.25, 0.3) is 0 Å². The Hall–Kier alpha value is -0.630. The zero-order valence-corrected chi connectivity index (χ0v) is 13.6. The quantitative estimate of drug-likeness (QED) is 0.729. The maximum Gasteiger partial charge on any atom is 0.104 e. The molecule has 3 atom stereocenters. The number of hydrogen-bond acceptors (Lipinski definition) is 4. The van der Waals surface area contributed by atoms with Crippen LogP contribution in [-0.2, 0) is 9.47 Å². The minimum absolute atomic E-state index is 0.288. The second-order valence-corrected chi connectivity index (χ2v) is 6.57. The Labute approximate surface area is 123 Å². The van der Waals surface area contributed by atoms with Crippen molar-refractivity contribution in [2.45, 2.75) is 90.2 Å². The van der Waals surface area contributed by atoms with E-state index in [1.54, 1.807) is 0 Å². The molecular formula is C16H30N2O2. The van der Waals surface area contributed by atoms with Gasteiger partial charge in [-0.05, 0) is 60.3 Å². The summed E-state index contributed by atoms with van der Waals surface area (Å²) in [5.74, 6) is 0. The molecule has 4 heteroatoms. The summed E-state index contributed by atoms with van der Waals surface area (Å²) < 4.78 is 11.7. The van der Waals surface area contributed by atoms with Crippen LogP contribution < -0.4 is 5.32 Å². The van der Waals surface area contributed by atoms with E-state index in [1.807, 2.05) is 6.92 Å². The molecule has 0 aromatic carbocycles. The molecule has 0 aromatic heterocycles. The van der Waals surface area contributed by atoms with E-state index in [0.717, 1.165) is 32.3 Å². The molecule has 1 aliphatic heterocycles. The lowest BCUT2D eigenvalue weighted by Crippen LogP contribution is -2.45. The van der Waals surface area contributed by atoms with Crippen molar-refractivity contribution in [2.75, 3.05) is 6.61 Å². The van der Waals surface area contributed by atoms with Gasteiger partial charge in [0.15, 0.2) is 0 Å². The van der Waals surface area contributed by atoms with Crippen molar-refractivity contribution in [1.29, 1.82) is 5.26 Å². The lowest BCUT2D eigenvalue weighted by molar-refractivity contribution is -0.102. The Balaban J connectivity index is 2.25. The van der Waals surface area contributed by atoms with Crippen LogP contribution in [0.4, 0.5) is 0 Å². The van der Waals surface area contributed by atoms with E-state index < -0.39 is 5.54 Å². The molecule has 0 spiro atoms. The van der Waals surface area contributed by atoms with E-state index in [2.05, 4.69) is 39.1 Å². The first-order valence-electron chi connectivity index (χ1n) is 7.80. The van der Waals surface area contributed by atoms with Crippen molar-refractivity contribution < 1.29 is 9.47 Å². The average Bonchev–Trinajstić information content (AvgIpc) is 2.33. The maximum absolute atomic E-state index is 9.28. The molecule has 4 nitrogen and oxygen atoms in total. The summed E-state index contributed by atoms with van der Waals surface area (Å²) in [5.41, 5.74) is -0.451. The van der Waals surface area contributed by atoms with Crippen LogP contribution >= 0.6 is 0 Å². The highest BCUT2D eigenvalue weighted by atomic mass is 16.5. The van der Waals surface area contributed by atoms with Gasteiger partial charge in [0, 0.05) is 12.6 Å². The molecule has 0 amide bonds. The van der Waals surface area contributed by atoms with Crippen LogP contribution in [-0.4, -0.2) is 36.5 Å². The minimum atomic E-state index is -0.451. The Morgan fingerprint density at radius 2 is 1.95 bits per heavy atom. The molecule has 1 saturated heterocycles. The molecule has 1 heterocycles. The minimum Gasteiger partial charge on any atom is -0.378 e. The number of nitrogens with zero attached hydrogens (tertiary/aromatic N) is 1. The van der Waals surface area contributed by atoms with E-state index in [-0.39, 0.29) is 12.2 Å². The lowest BCUT2D eigenvalue weighted by atomic mass is 9.97. The van der Waals surface area contributed by atoms with Gasteiger partial charge in [-0.2, -0.15) is 5.26 Å². The van der Waals surface area contributed by atoms with Gasteiger partial charge in [0.1, 0.15) is 5.54 Å². The van der Waals surface area contributed by atoms with Crippen LogP contribution in [0, 0.1) is 11.3 Å². The van der Waals surface area contributed by atoms with Crippen LogP contribution in [0.2, 0.25) is 0 Å². The summed E-state index contributed by atoms with van der Waals surface area (Å²) in [5, 5.41) is 12.6. The van der Waals surface area contributed by atoms with Crippen LogP contribution in [0.5, 0.6) is 0 Å². The first kappa shape index (κ1) is 17.4. The average molecular weight is 282 g/mol. The van der Waals surface area contributed by atoms with Crippen LogP contribution in [0.3, 0.4) is 0 Å². The highest BCUT2D eigenvalue weighted by molar-refractivity contribution is 5.04. The highest BCUT2D eigenvalue weighted by Crippen LogP contribution is 2.22. The highest BCUT2D eigenvalue weighted by Gasteiger charge is 2.26. The molecule has 1 aliphatic rings. The molecular weight excluding hydrogens is 252 g/mol. The van der Waals surface area contributed by atoms with Gasteiger partial charge < -0.3 is 9.47 Å². The zero-order valence-electron chi connectivity index (χ0n) is 13.6. The monoisotopic (exact) mass is 282 g/mol. The number of nitriles is 1. The van der Waals surface area contributed by atoms with Crippen molar-refractivity contribution in [3.05, 3.63) is 0 Å². The van der Waals surface area contributed by atoms with Crippen molar-refractivity contribution >= 4 is 0 Å². The summed E-state index contributed by atoms with van der Waals surface area (Å²) in [6.45, 7) is 11.0. The maximum atomic E-state index is 9.28. The third-order valence-electron chi connectivity index (χ3n) is 3.68. The van der Waals surface area contributed by atoms with Gasteiger partial charge in [-0.1, -0.05) is 0 Å². The Morgan fingerprint density at radius 3 is 2.45 bits per heavy atom. The third kappa shape index (κ3) is 6.21. The standard InChI is InChI=1S/C16H30N2O2/c1-12(2)18-16(5,11-17)7-6-8-19-15-9-13(3)20-14(4)10-15/h12-15,18H,6-10H2,1-5H3. The molecule has 0 bridgehead atoms. The van der Waals surface area contributed by atoms with E-state index in [9.17, 15) is 5.26 Å². The summed E-state index contributed by atoms with van der Waals surface area (Å²) in [7, 11) is 0. The molecule has 0 aliphatic carbocycles. The van der Waals surface area contributed by atoms with Crippen LogP contribution in [0.1, 0.15) is 60.3 Å². The molecule has 3 unspecified atom stereocenters. The predicted molar refractivity (Wildman–Crippen MR) is 80.5 cm³/mol. The first-order valence-corrected chi connectivity index (χ1v) is 7.80. The fraction of sp³-hybridized carbons (Fsp3) is 0.938.